The summed E-state index contributed by atoms with van der Waals surface area (Å²) in [6.45, 7) is 4.47. The standard InChI is InChI=1S/C28H36N2O4/c1-30(28(31)22-7-10-26(11-8-22)34-18-20-2-3-20)25-9-6-23-14-21(4-5-24(23)15-25)16-29-17-27-19-32-12-13-33-27/h4-5,7-8,10-11,14,20,25,27,29H,2-3,6,9,12-13,15-19H2,1H3/t25-,27?/m0/s1. The molecule has 182 valence electrons. The van der Waals surface area contributed by atoms with Crippen molar-refractivity contribution in [3.05, 3.63) is 64.7 Å². The van der Waals surface area contributed by atoms with Crippen LogP contribution in [-0.4, -0.2) is 63.0 Å². The highest BCUT2D eigenvalue weighted by atomic mass is 16.6. The average Bonchev–Trinajstić information content (AvgIpc) is 3.72. The average molecular weight is 465 g/mol. The Morgan fingerprint density at radius 1 is 1.09 bits per heavy atom. The Morgan fingerprint density at radius 3 is 2.71 bits per heavy atom. The number of ether oxygens (including phenoxy) is 3. The van der Waals surface area contributed by atoms with Crippen molar-refractivity contribution in [2.45, 2.75) is 50.8 Å². The van der Waals surface area contributed by atoms with Gasteiger partial charge in [0.05, 0.1) is 32.5 Å². The minimum atomic E-state index is 0.0805. The summed E-state index contributed by atoms with van der Waals surface area (Å²) in [5, 5.41) is 3.49. The number of amides is 1. The predicted molar refractivity (Wildman–Crippen MR) is 131 cm³/mol. The summed E-state index contributed by atoms with van der Waals surface area (Å²) in [5.41, 5.74) is 4.78. The van der Waals surface area contributed by atoms with E-state index in [-0.39, 0.29) is 18.1 Å². The quantitative estimate of drug-likeness (QED) is 0.614. The van der Waals surface area contributed by atoms with Crippen LogP contribution in [0.3, 0.4) is 0 Å². The van der Waals surface area contributed by atoms with Crippen LogP contribution in [0, 0.1) is 5.92 Å². The van der Waals surface area contributed by atoms with E-state index in [1.807, 2.05) is 36.2 Å². The summed E-state index contributed by atoms with van der Waals surface area (Å²) in [6.07, 6.45) is 5.58. The van der Waals surface area contributed by atoms with Crippen molar-refractivity contribution < 1.29 is 19.0 Å². The van der Waals surface area contributed by atoms with Crippen LogP contribution in [0.5, 0.6) is 5.75 Å². The molecule has 1 aliphatic heterocycles. The van der Waals surface area contributed by atoms with Crippen LogP contribution in [0.2, 0.25) is 0 Å². The number of hydrogen-bond donors (Lipinski definition) is 1. The van der Waals surface area contributed by atoms with Crippen molar-refractivity contribution >= 4 is 5.91 Å². The fraction of sp³-hybridized carbons (Fsp3) is 0.536. The van der Waals surface area contributed by atoms with Gasteiger partial charge in [-0.05, 0) is 79.0 Å². The molecule has 1 saturated carbocycles. The monoisotopic (exact) mass is 464 g/mol. The number of hydrogen-bond acceptors (Lipinski definition) is 5. The summed E-state index contributed by atoms with van der Waals surface area (Å²) >= 11 is 0. The first-order valence-corrected chi connectivity index (χ1v) is 12.7. The Bertz CT molecular complexity index is 967. The van der Waals surface area contributed by atoms with Gasteiger partial charge in [0.15, 0.2) is 0 Å². The molecule has 1 amide bonds. The van der Waals surface area contributed by atoms with Gasteiger partial charge >= 0.3 is 0 Å². The van der Waals surface area contributed by atoms with E-state index >= 15 is 0 Å². The molecule has 2 aromatic rings. The molecule has 2 aliphatic carbocycles. The molecule has 2 aromatic carbocycles. The Hall–Kier alpha value is -2.41. The third kappa shape index (κ3) is 5.98. The molecule has 5 rings (SSSR count). The maximum atomic E-state index is 13.1. The van der Waals surface area contributed by atoms with Crippen LogP contribution in [-0.2, 0) is 28.9 Å². The molecule has 6 heteroatoms. The Balaban J connectivity index is 1.12. The lowest BCUT2D eigenvalue weighted by Crippen LogP contribution is -2.40. The van der Waals surface area contributed by atoms with Crippen LogP contribution < -0.4 is 10.1 Å². The van der Waals surface area contributed by atoms with E-state index in [0.717, 1.165) is 56.2 Å². The van der Waals surface area contributed by atoms with Gasteiger partial charge in [-0.25, -0.2) is 0 Å². The highest BCUT2D eigenvalue weighted by Gasteiger charge is 2.26. The summed E-state index contributed by atoms with van der Waals surface area (Å²) in [4.78, 5) is 15.0. The molecule has 0 spiro atoms. The molecular formula is C28H36N2O4. The highest BCUT2D eigenvalue weighted by Crippen LogP contribution is 2.30. The number of rotatable bonds is 9. The molecule has 6 nitrogen and oxygen atoms in total. The molecule has 0 aromatic heterocycles. The molecule has 2 fully saturated rings. The number of fused-ring (bicyclic) bond motifs is 1. The molecule has 34 heavy (non-hydrogen) atoms. The van der Waals surface area contributed by atoms with E-state index in [9.17, 15) is 4.79 Å². The third-order valence-corrected chi connectivity index (χ3v) is 7.21. The molecular weight excluding hydrogens is 428 g/mol. The van der Waals surface area contributed by atoms with Crippen molar-refractivity contribution in [2.24, 2.45) is 5.92 Å². The molecule has 1 N–H and O–H groups in total. The van der Waals surface area contributed by atoms with Crippen molar-refractivity contribution in [1.82, 2.24) is 10.2 Å². The number of likely N-dealkylation sites (N-methyl/N-ethyl adjacent to an activating group) is 1. The van der Waals surface area contributed by atoms with E-state index < -0.39 is 0 Å². The largest absolute Gasteiger partial charge is 0.493 e. The van der Waals surface area contributed by atoms with E-state index in [0.29, 0.717) is 19.8 Å². The van der Waals surface area contributed by atoms with Crippen LogP contribution in [0.1, 0.15) is 46.3 Å². The lowest BCUT2D eigenvalue weighted by atomic mass is 9.86. The van der Waals surface area contributed by atoms with Gasteiger partial charge in [-0.15, -0.1) is 0 Å². The number of benzene rings is 2. The van der Waals surface area contributed by atoms with Crippen LogP contribution >= 0.6 is 0 Å². The lowest BCUT2D eigenvalue weighted by molar-refractivity contribution is -0.0864. The lowest BCUT2D eigenvalue weighted by Gasteiger charge is -2.33. The second-order valence-corrected chi connectivity index (χ2v) is 9.89. The van der Waals surface area contributed by atoms with Gasteiger partial charge in [0.1, 0.15) is 5.75 Å². The minimum Gasteiger partial charge on any atom is -0.493 e. The van der Waals surface area contributed by atoms with Crippen LogP contribution in [0.15, 0.2) is 42.5 Å². The zero-order chi connectivity index (χ0) is 23.3. The number of nitrogens with one attached hydrogen (secondary N) is 1. The fourth-order valence-corrected chi connectivity index (χ4v) is 4.82. The zero-order valence-corrected chi connectivity index (χ0v) is 20.1. The summed E-state index contributed by atoms with van der Waals surface area (Å²) in [6, 6.07) is 14.6. The van der Waals surface area contributed by atoms with E-state index in [2.05, 4.69) is 23.5 Å². The minimum absolute atomic E-state index is 0.0805. The normalized spacial score (nSPS) is 22.1. The van der Waals surface area contributed by atoms with Crippen molar-refractivity contribution in [1.29, 1.82) is 0 Å². The second kappa shape index (κ2) is 10.9. The first-order chi connectivity index (χ1) is 16.7. The number of aryl methyl sites for hydroxylation is 1. The SMILES string of the molecule is CN(C(=O)c1ccc(OCC2CC2)cc1)[C@H]1CCc2cc(CNCC3COCCO3)ccc2C1. The molecule has 1 heterocycles. The van der Waals surface area contributed by atoms with Crippen molar-refractivity contribution in [3.8, 4) is 5.75 Å². The third-order valence-electron chi connectivity index (χ3n) is 7.21. The van der Waals surface area contributed by atoms with E-state index in [1.54, 1.807) is 0 Å². The topological polar surface area (TPSA) is 60.0 Å². The van der Waals surface area contributed by atoms with Crippen molar-refractivity contribution in [3.63, 3.8) is 0 Å². The summed E-state index contributed by atoms with van der Waals surface area (Å²) < 4.78 is 17.0. The summed E-state index contributed by atoms with van der Waals surface area (Å²) in [5.74, 6) is 1.65. The van der Waals surface area contributed by atoms with Gasteiger partial charge in [0, 0.05) is 31.7 Å². The number of nitrogens with zero attached hydrogens (tertiary/aromatic N) is 1. The van der Waals surface area contributed by atoms with Gasteiger partial charge in [0.25, 0.3) is 5.91 Å². The molecule has 0 radical (unpaired) electrons. The fourth-order valence-electron chi connectivity index (χ4n) is 4.82. The smallest absolute Gasteiger partial charge is 0.253 e. The Kier molecular flexibility index (Phi) is 7.48. The van der Waals surface area contributed by atoms with Gasteiger partial charge < -0.3 is 24.4 Å². The maximum absolute atomic E-state index is 13.1. The number of carbonyl (C=O) groups excluding carboxylic acids is 1. The maximum Gasteiger partial charge on any atom is 0.253 e. The molecule has 2 atom stereocenters. The van der Waals surface area contributed by atoms with Gasteiger partial charge in [-0.2, -0.15) is 0 Å². The zero-order valence-electron chi connectivity index (χ0n) is 20.1. The first kappa shape index (κ1) is 23.3. The molecule has 1 saturated heterocycles. The highest BCUT2D eigenvalue weighted by molar-refractivity contribution is 5.94. The van der Waals surface area contributed by atoms with Crippen LogP contribution in [0.25, 0.3) is 0 Å². The Labute approximate surface area is 202 Å². The molecule has 1 unspecified atom stereocenters. The van der Waals surface area contributed by atoms with E-state index in [1.165, 1.54) is 29.5 Å². The predicted octanol–water partition coefficient (Wildman–Crippen LogP) is 3.61. The molecule has 3 aliphatic rings. The molecule has 0 bridgehead atoms. The van der Waals surface area contributed by atoms with Gasteiger partial charge in [0.2, 0.25) is 0 Å². The van der Waals surface area contributed by atoms with Crippen LogP contribution in [0.4, 0.5) is 0 Å². The number of carbonyl (C=O) groups is 1. The van der Waals surface area contributed by atoms with Gasteiger partial charge in [-0.1, -0.05) is 18.2 Å². The second-order valence-electron chi connectivity index (χ2n) is 9.89. The van der Waals surface area contributed by atoms with Gasteiger partial charge in [-0.3, -0.25) is 4.79 Å². The van der Waals surface area contributed by atoms with E-state index in [4.69, 9.17) is 14.2 Å². The Morgan fingerprint density at radius 2 is 1.94 bits per heavy atom. The summed E-state index contributed by atoms with van der Waals surface area (Å²) in [7, 11) is 1.94. The first-order valence-electron chi connectivity index (χ1n) is 12.7. The van der Waals surface area contributed by atoms with Crippen molar-refractivity contribution in [2.75, 3.05) is 40.0 Å².